The fourth-order valence-electron chi connectivity index (χ4n) is 6.73. The topological polar surface area (TPSA) is 37.4 Å². The minimum atomic E-state index is -0.112. The number of carbonyl (C=O) groups is 2. The molecular weight excluding hydrogens is 711 g/mol. The van der Waals surface area contributed by atoms with Crippen LogP contribution in [0.4, 0.5) is 0 Å². The molecule has 6 heterocycles. The molecule has 0 aromatic carbocycles. The van der Waals surface area contributed by atoms with E-state index in [4.69, 9.17) is 0 Å². The van der Waals surface area contributed by atoms with E-state index in [1.807, 2.05) is 22.7 Å². The molecule has 0 aliphatic carbocycles. The number of nitrogens with zero attached hydrogens (tertiary/aromatic N) is 1. The molecule has 0 N–H and O–H groups in total. The van der Waals surface area contributed by atoms with E-state index in [1.165, 1.54) is 99.9 Å². The standard InChI is InChI=1S/C42H51NO2S5/c1-4-7-10-13-14-17-28-43-41(44)37-38(42(43)45)40(36-27-25-34(49-36)32-23-21-30(47-32)19-16-12-9-6-3)50-39(37)35-26-24-33(48-35)31-22-20-29(46-31)18-15-11-8-5-2/h20-27H,4-19,28H2,1-3H3. The van der Waals surface area contributed by atoms with Crippen molar-refractivity contribution in [2.24, 2.45) is 0 Å². The third kappa shape index (κ3) is 8.80. The summed E-state index contributed by atoms with van der Waals surface area (Å²) in [6.07, 6.45) is 19.2. The van der Waals surface area contributed by atoms with E-state index in [2.05, 4.69) is 69.3 Å². The van der Waals surface area contributed by atoms with E-state index < -0.39 is 0 Å². The second kappa shape index (κ2) is 18.4. The van der Waals surface area contributed by atoms with Gasteiger partial charge in [-0.3, -0.25) is 14.5 Å². The molecular formula is C42H51NO2S5. The summed E-state index contributed by atoms with van der Waals surface area (Å²) < 4.78 is 0. The molecule has 5 aromatic heterocycles. The second-order valence-corrected chi connectivity index (χ2v) is 19.0. The van der Waals surface area contributed by atoms with Gasteiger partial charge in [-0.25, -0.2) is 0 Å². The fraction of sp³-hybridized carbons (Fsp3) is 0.476. The third-order valence-electron chi connectivity index (χ3n) is 9.58. The van der Waals surface area contributed by atoms with E-state index in [0.717, 1.165) is 51.6 Å². The second-order valence-electron chi connectivity index (χ2n) is 13.5. The Morgan fingerprint density at radius 3 is 1.28 bits per heavy atom. The van der Waals surface area contributed by atoms with Crippen molar-refractivity contribution in [3.63, 3.8) is 0 Å². The van der Waals surface area contributed by atoms with Gasteiger partial charge < -0.3 is 0 Å². The molecule has 8 heteroatoms. The number of aryl methyl sites for hydroxylation is 2. The highest BCUT2D eigenvalue weighted by atomic mass is 32.1. The van der Waals surface area contributed by atoms with Gasteiger partial charge in [0.1, 0.15) is 0 Å². The van der Waals surface area contributed by atoms with Crippen LogP contribution in [0.1, 0.15) is 141 Å². The van der Waals surface area contributed by atoms with Crippen LogP contribution in [0.2, 0.25) is 0 Å². The van der Waals surface area contributed by atoms with Crippen LogP contribution in [0.25, 0.3) is 39.0 Å². The molecule has 0 radical (unpaired) electrons. The van der Waals surface area contributed by atoms with Crippen LogP contribution in [-0.4, -0.2) is 23.3 Å². The Morgan fingerprint density at radius 1 is 0.420 bits per heavy atom. The summed E-state index contributed by atoms with van der Waals surface area (Å²) in [6, 6.07) is 17.8. The lowest BCUT2D eigenvalue weighted by atomic mass is 10.1. The fourth-order valence-corrected chi connectivity index (χ4v) is 12.5. The Kier molecular flexibility index (Phi) is 13.8. The van der Waals surface area contributed by atoms with Crippen LogP contribution in [0, 0.1) is 0 Å². The lowest BCUT2D eigenvalue weighted by molar-refractivity contribution is 0.0652. The van der Waals surface area contributed by atoms with Gasteiger partial charge in [-0.1, -0.05) is 91.4 Å². The predicted molar refractivity (Wildman–Crippen MR) is 222 cm³/mol. The molecule has 1 aliphatic heterocycles. The number of rotatable bonds is 21. The van der Waals surface area contributed by atoms with Crippen molar-refractivity contribution in [1.29, 1.82) is 0 Å². The van der Waals surface area contributed by atoms with Crippen molar-refractivity contribution in [3.8, 4) is 39.0 Å². The first kappa shape index (κ1) is 37.4. The highest BCUT2D eigenvalue weighted by molar-refractivity contribution is 7.30. The molecule has 1 aliphatic rings. The van der Waals surface area contributed by atoms with Crippen LogP contribution in [0.3, 0.4) is 0 Å². The Hall–Kier alpha value is -2.36. The summed E-state index contributed by atoms with van der Waals surface area (Å²) >= 11 is 8.92. The van der Waals surface area contributed by atoms with Crippen LogP contribution >= 0.6 is 56.7 Å². The molecule has 0 fully saturated rings. The molecule has 266 valence electrons. The van der Waals surface area contributed by atoms with Gasteiger partial charge in [0.05, 0.1) is 20.9 Å². The first-order valence-corrected chi connectivity index (χ1v) is 23.0. The molecule has 2 amide bonds. The molecule has 3 nitrogen and oxygen atoms in total. The van der Waals surface area contributed by atoms with Gasteiger partial charge in [0, 0.05) is 45.6 Å². The largest absolute Gasteiger partial charge is 0.274 e. The average molecular weight is 762 g/mol. The number of hydrogen-bond acceptors (Lipinski definition) is 7. The highest BCUT2D eigenvalue weighted by Crippen LogP contribution is 2.51. The average Bonchev–Trinajstić information content (AvgIpc) is 3.97. The molecule has 6 rings (SSSR count). The van der Waals surface area contributed by atoms with Crippen molar-refractivity contribution in [3.05, 3.63) is 69.4 Å². The Bertz CT molecular complexity index is 1720. The van der Waals surface area contributed by atoms with E-state index in [0.29, 0.717) is 17.7 Å². The molecule has 5 aromatic rings. The van der Waals surface area contributed by atoms with Gasteiger partial charge in [0.25, 0.3) is 11.8 Å². The van der Waals surface area contributed by atoms with Gasteiger partial charge in [-0.2, -0.15) is 0 Å². The number of carbonyl (C=O) groups excluding carboxylic acids is 2. The Labute approximate surface area is 319 Å². The summed E-state index contributed by atoms with van der Waals surface area (Å²) in [6.45, 7) is 7.24. The summed E-state index contributed by atoms with van der Waals surface area (Å²) in [4.78, 5) is 41.8. The van der Waals surface area contributed by atoms with E-state index >= 15 is 0 Å². The van der Waals surface area contributed by atoms with Gasteiger partial charge in [0.15, 0.2) is 0 Å². The number of fused-ring (bicyclic) bond motifs is 1. The van der Waals surface area contributed by atoms with Crippen molar-refractivity contribution in [2.45, 2.75) is 124 Å². The molecule has 0 saturated carbocycles. The monoisotopic (exact) mass is 761 g/mol. The SMILES string of the molecule is CCCCCCCCN1C(=O)c2c(-c3ccc(-c4ccc(CCCCCC)s4)s3)sc(-c3ccc(-c4ccc(CCCCCC)s4)s3)c2C1=O. The summed E-state index contributed by atoms with van der Waals surface area (Å²) in [5, 5.41) is 0. The molecule has 0 bridgehead atoms. The van der Waals surface area contributed by atoms with Gasteiger partial charge in [0.2, 0.25) is 0 Å². The predicted octanol–water partition coefficient (Wildman–Crippen LogP) is 14.9. The molecule has 0 unspecified atom stereocenters. The molecule has 0 atom stereocenters. The Balaban J connectivity index is 1.26. The normalized spacial score (nSPS) is 12.9. The molecule has 0 saturated heterocycles. The maximum Gasteiger partial charge on any atom is 0.263 e. The zero-order chi connectivity index (χ0) is 34.9. The zero-order valence-electron chi connectivity index (χ0n) is 29.9. The molecule has 0 spiro atoms. The lowest BCUT2D eigenvalue weighted by Gasteiger charge is -2.14. The smallest absolute Gasteiger partial charge is 0.263 e. The van der Waals surface area contributed by atoms with Crippen LogP contribution in [-0.2, 0) is 12.8 Å². The van der Waals surface area contributed by atoms with E-state index in [1.54, 1.807) is 38.9 Å². The Morgan fingerprint density at radius 2 is 0.800 bits per heavy atom. The van der Waals surface area contributed by atoms with Crippen LogP contribution in [0.5, 0.6) is 0 Å². The zero-order valence-corrected chi connectivity index (χ0v) is 34.0. The van der Waals surface area contributed by atoms with Crippen molar-refractivity contribution in [1.82, 2.24) is 4.90 Å². The summed E-state index contributed by atoms with van der Waals surface area (Å²) in [5.74, 6) is -0.224. The summed E-state index contributed by atoms with van der Waals surface area (Å²) in [7, 11) is 0. The van der Waals surface area contributed by atoms with Crippen molar-refractivity contribution >= 4 is 68.5 Å². The van der Waals surface area contributed by atoms with E-state index in [9.17, 15) is 9.59 Å². The van der Waals surface area contributed by atoms with Crippen LogP contribution in [0.15, 0.2) is 48.5 Å². The minimum absolute atomic E-state index is 0.112. The maximum absolute atomic E-state index is 14.1. The highest BCUT2D eigenvalue weighted by Gasteiger charge is 2.42. The number of unbranched alkanes of at least 4 members (excludes halogenated alkanes) is 11. The number of hydrogen-bond donors (Lipinski definition) is 0. The number of imide groups is 1. The first-order chi connectivity index (χ1) is 24.5. The summed E-state index contributed by atoms with van der Waals surface area (Å²) in [5.41, 5.74) is 1.25. The lowest BCUT2D eigenvalue weighted by Crippen LogP contribution is -2.31. The first-order valence-electron chi connectivity index (χ1n) is 18.9. The quantitative estimate of drug-likeness (QED) is 0.0551. The minimum Gasteiger partial charge on any atom is -0.274 e. The van der Waals surface area contributed by atoms with Crippen molar-refractivity contribution < 1.29 is 9.59 Å². The maximum atomic E-state index is 14.1. The number of thiophene rings is 5. The number of amides is 2. The van der Waals surface area contributed by atoms with Gasteiger partial charge in [-0.15, -0.1) is 56.7 Å². The van der Waals surface area contributed by atoms with Gasteiger partial charge >= 0.3 is 0 Å². The van der Waals surface area contributed by atoms with Crippen molar-refractivity contribution in [2.75, 3.05) is 6.54 Å². The van der Waals surface area contributed by atoms with Crippen LogP contribution < -0.4 is 0 Å². The van der Waals surface area contributed by atoms with E-state index in [-0.39, 0.29) is 11.8 Å². The van der Waals surface area contributed by atoms with Gasteiger partial charge in [-0.05, 0) is 80.6 Å². The molecule has 50 heavy (non-hydrogen) atoms. The third-order valence-corrected chi connectivity index (χ3v) is 16.0.